The Morgan fingerprint density at radius 2 is 1.69 bits per heavy atom. The smallest absolute Gasteiger partial charge is 0.257 e. The number of rotatable bonds is 6. The van der Waals surface area contributed by atoms with Crippen LogP contribution in [0.1, 0.15) is 16.1 Å². The topological polar surface area (TPSA) is 96.9 Å². The first-order valence-corrected chi connectivity index (χ1v) is 10.4. The van der Waals surface area contributed by atoms with Crippen LogP contribution in [0, 0.1) is 0 Å². The first-order chi connectivity index (χ1) is 14.2. The third kappa shape index (κ3) is 4.89. The van der Waals surface area contributed by atoms with Crippen molar-refractivity contribution in [2.24, 2.45) is 0 Å². The molecule has 144 valence electrons. The minimum absolute atomic E-state index is 0.0967. The van der Waals surface area contributed by atoms with Crippen LogP contribution < -0.4 is 10.6 Å². The molecule has 7 nitrogen and oxygen atoms in total. The average molecular weight is 422 g/mol. The van der Waals surface area contributed by atoms with Gasteiger partial charge in [-0.05, 0) is 24.3 Å². The molecule has 0 unspecified atom stereocenters. The maximum atomic E-state index is 12.3. The summed E-state index contributed by atoms with van der Waals surface area (Å²) >= 11 is 2.63. The lowest BCUT2D eigenvalue weighted by Gasteiger charge is -2.01. The number of benzene rings is 1. The summed E-state index contributed by atoms with van der Waals surface area (Å²) in [5, 5.41) is 10.1. The zero-order valence-electron chi connectivity index (χ0n) is 15.0. The second kappa shape index (κ2) is 8.72. The zero-order valence-corrected chi connectivity index (χ0v) is 16.7. The molecular formula is C20H15N5O2S2. The summed E-state index contributed by atoms with van der Waals surface area (Å²) in [6.45, 7) is 0. The van der Waals surface area contributed by atoms with Crippen molar-refractivity contribution in [3.8, 4) is 11.3 Å². The molecule has 0 fully saturated rings. The number of nitrogens with zero attached hydrogens (tertiary/aromatic N) is 3. The largest absolute Gasteiger partial charge is 0.302 e. The van der Waals surface area contributed by atoms with Crippen molar-refractivity contribution in [1.82, 2.24) is 15.0 Å². The molecule has 0 aliphatic carbocycles. The molecule has 0 bridgehead atoms. The number of carbonyl (C=O) groups is 2. The van der Waals surface area contributed by atoms with Crippen LogP contribution in [0.2, 0.25) is 0 Å². The molecule has 2 amide bonds. The summed E-state index contributed by atoms with van der Waals surface area (Å²) in [6.07, 6.45) is 3.52. The van der Waals surface area contributed by atoms with E-state index in [1.165, 1.54) is 22.7 Å². The summed E-state index contributed by atoms with van der Waals surface area (Å²) < 4.78 is 0. The molecule has 0 atom stereocenters. The van der Waals surface area contributed by atoms with E-state index in [0.717, 1.165) is 11.3 Å². The van der Waals surface area contributed by atoms with Gasteiger partial charge in [0.2, 0.25) is 5.91 Å². The Labute approximate surface area is 174 Å². The van der Waals surface area contributed by atoms with Crippen LogP contribution in [0.3, 0.4) is 0 Å². The third-order valence-electron chi connectivity index (χ3n) is 3.86. The maximum absolute atomic E-state index is 12.3. The molecule has 4 rings (SSSR count). The van der Waals surface area contributed by atoms with Gasteiger partial charge in [-0.25, -0.2) is 9.97 Å². The number of hydrogen-bond acceptors (Lipinski definition) is 7. The minimum atomic E-state index is -0.235. The van der Waals surface area contributed by atoms with E-state index in [0.29, 0.717) is 21.5 Å². The van der Waals surface area contributed by atoms with E-state index >= 15 is 0 Å². The van der Waals surface area contributed by atoms with Gasteiger partial charge < -0.3 is 5.32 Å². The molecule has 2 N–H and O–H groups in total. The van der Waals surface area contributed by atoms with Gasteiger partial charge in [0.1, 0.15) is 0 Å². The lowest BCUT2D eigenvalue weighted by Crippen LogP contribution is -2.15. The lowest BCUT2D eigenvalue weighted by molar-refractivity contribution is -0.115. The van der Waals surface area contributed by atoms with Crippen molar-refractivity contribution >= 4 is 44.8 Å². The molecule has 3 heterocycles. The first-order valence-electron chi connectivity index (χ1n) is 8.64. The summed E-state index contributed by atoms with van der Waals surface area (Å²) in [5.74, 6) is -0.454. The van der Waals surface area contributed by atoms with Crippen molar-refractivity contribution in [3.63, 3.8) is 0 Å². The van der Waals surface area contributed by atoms with Crippen molar-refractivity contribution in [2.45, 2.75) is 6.42 Å². The number of anilines is 2. The SMILES string of the molecule is O=C(Cc1csc(NC(=O)c2ccccc2)n1)Nc1nc(-c2cccnc2)cs1. The van der Waals surface area contributed by atoms with Gasteiger partial charge in [-0.2, -0.15) is 0 Å². The second-order valence-electron chi connectivity index (χ2n) is 5.97. The standard InChI is InChI=1S/C20H15N5O2S2/c26-17(24-20-23-16(12-29-20)14-7-4-8-21-10-14)9-15-11-28-19(22-15)25-18(27)13-5-2-1-3-6-13/h1-8,10-12H,9H2,(H,22,25,27)(H,23,24,26). The highest BCUT2D eigenvalue weighted by Gasteiger charge is 2.13. The van der Waals surface area contributed by atoms with Crippen LogP contribution in [-0.4, -0.2) is 26.8 Å². The molecule has 0 aliphatic heterocycles. The minimum Gasteiger partial charge on any atom is -0.302 e. The van der Waals surface area contributed by atoms with Crippen LogP contribution in [-0.2, 0) is 11.2 Å². The fourth-order valence-corrected chi connectivity index (χ4v) is 3.95. The average Bonchev–Trinajstić information content (AvgIpc) is 3.39. The van der Waals surface area contributed by atoms with Gasteiger partial charge in [0.25, 0.3) is 5.91 Å². The molecule has 0 saturated heterocycles. The van der Waals surface area contributed by atoms with Crippen LogP contribution in [0.15, 0.2) is 65.6 Å². The monoisotopic (exact) mass is 421 g/mol. The van der Waals surface area contributed by atoms with Gasteiger partial charge in [-0.3, -0.25) is 19.9 Å². The zero-order chi connectivity index (χ0) is 20.1. The predicted octanol–water partition coefficient (Wildman–Crippen LogP) is 4.10. The number of carbonyl (C=O) groups excluding carboxylic acids is 2. The summed E-state index contributed by atoms with van der Waals surface area (Å²) in [5.41, 5.74) is 2.79. The quantitative estimate of drug-likeness (QED) is 0.489. The third-order valence-corrected chi connectivity index (χ3v) is 5.42. The van der Waals surface area contributed by atoms with E-state index in [-0.39, 0.29) is 18.2 Å². The number of nitrogens with one attached hydrogen (secondary N) is 2. The Kier molecular flexibility index (Phi) is 5.68. The highest BCUT2D eigenvalue weighted by Crippen LogP contribution is 2.24. The van der Waals surface area contributed by atoms with Crippen LogP contribution in [0.5, 0.6) is 0 Å². The predicted molar refractivity (Wildman–Crippen MR) is 114 cm³/mol. The van der Waals surface area contributed by atoms with Gasteiger partial charge in [0.05, 0.1) is 17.8 Å². The van der Waals surface area contributed by atoms with E-state index in [1.807, 2.05) is 23.6 Å². The van der Waals surface area contributed by atoms with E-state index in [2.05, 4.69) is 25.6 Å². The van der Waals surface area contributed by atoms with Crippen molar-refractivity contribution in [2.75, 3.05) is 10.6 Å². The number of thiazole rings is 2. The Morgan fingerprint density at radius 3 is 2.48 bits per heavy atom. The number of hydrogen-bond donors (Lipinski definition) is 2. The highest BCUT2D eigenvalue weighted by molar-refractivity contribution is 7.14. The van der Waals surface area contributed by atoms with Gasteiger partial charge >= 0.3 is 0 Å². The first kappa shape index (κ1) is 18.9. The summed E-state index contributed by atoms with van der Waals surface area (Å²) in [6, 6.07) is 12.6. The van der Waals surface area contributed by atoms with Gasteiger partial charge in [-0.15, -0.1) is 22.7 Å². The van der Waals surface area contributed by atoms with Crippen molar-refractivity contribution in [1.29, 1.82) is 0 Å². The number of amides is 2. The van der Waals surface area contributed by atoms with E-state index in [9.17, 15) is 9.59 Å². The molecule has 3 aromatic heterocycles. The molecule has 0 aliphatic rings. The normalized spacial score (nSPS) is 10.5. The highest BCUT2D eigenvalue weighted by atomic mass is 32.1. The Morgan fingerprint density at radius 1 is 0.897 bits per heavy atom. The molecule has 29 heavy (non-hydrogen) atoms. The maximum Gasteiger partial charge on any atom is 0.257 e. The van der Waals surface area contributed by atoms with E-state index in [4.69, 9.17) is 0 Å². The Hall–Kier alpha value is -3.43. The summed E-state index contributed by atoms with van der Waals surface area (Å²) in [4.78, 5) is 37.3. The van der Waals surface area contributed by atoms with Crippen LogP contribution in [0.25, 0.3) is 11.3 Å². The lowest BCUT2D eigenvalue weighted by atomic mass is 10.2. The van der Waals surface area contributed by atoms with E-state index in [1.54, 1.807) is 42.0 Å². The Bertz CT molecular complexity index is 1130. The molecule has 0 radical (unpaired) electrons. The van der Waals surface area contributed by atoms with Crippen LogP contribution in [0.4, 0.5) is 10.3 Å². The molecular weight excluding hydrogens is 406 g/mol. The number of pyridine rings is 1. The fourth-order valence-electron chi connectivity index (χ4n) is 2.51. The van der Waals surface area contributed by atoms with Crippen molar-refractivity contribution < 1.29 is 9.59 Å². The fraction of sp³-hybridized carbons (Fsp3) is 0.0500. The molecule has 4 aromatic rings. The van der Waals surface area contributed by atoms with E-state index < -0.39 is 0 Å². The van der Waals surface area contributed by atoms with Crippen LogP contribution >= 0.6 is 22.7 Å². The van der Waals surface area contributed by atoms with Gasteiger partial charge in [0.15, 0.2) is 10.3 Å². The summed E-state index contributed by atoms with van der Waals surface area (Å²) in [7, 11) is 0. The Balaban J connectivity index is 1.34. The van der Waals surface area contributed by atoms with Crippen molar-refractivity contribution in [3.05, 3.63) is 76.9 Å². The molecule has 0 spiro atoms. The molecule has 9 heteroatoms. The molecule has 0 saturated carbocycles. The number of aromatic nitrogens is 3. The van der Waals surface area contributed by atoms with Gasteiger partial charge in [0, 0.05) is 34.3 Å². The molecule has 1 aromatic carbocycles. The van der Waals surface area contributed by atoms with Gasteiger partial charge in [-0.1, -0.05) is 18.2 Å². The second-order valence-corrected chi connectivity index (χ2v) is 7.68.